The molecule has 0 amide bonds. The lowest BCUT2D eigenvalue weighted by molar-refractivity contribution is -0.384. The summed E-state index contributed by atoms with van der Waals surface area (Å²) in [5, 5.41) is 10.5. The predicted octanol–water partition coefficient (Wildman–Crippen LogP) is 1.59. The van der Waals surface area contributed by atoms with E-state index < -0.39 is 44.6 Å². The lowest BCUT2D eigenvalue weighted by Crippen LogP contribution is -2.59. The van der Waals surface area contributed by atoms with Crippen LogP contribution in [-0.2, 0) is 14.8 Å². The van der Waals surface area contributed by atoms with E-state index in [-0.39, 0.29) is 12.3 Å². The van der Waals surface area contributed by atoms with Crippen LogP contribution in [0.2, 0.25) is 0 Å². The van der Waals surface area contributed by atoms with Gasteiger partial charge in [0.25, 0.3) is 5.69 Å². The van der Waals surface area contributed by atoms with Gasteiger partial charge < -0.3 is 4.74 Å². The minimum atomic E-state index is -4.82. The quantitative estimate of drug-likeness (QED) is 0.663. The van der Waals surface area contributed by atoms with Crippen molar-refractivity contribution in [3.63, 3.8) is 0 Å². The maximum atomic E-state index is 13.1. The van der Waals surface area contributed by atoms with Crippen molar-refractivity contribution in [2.24, 2.45) is 0 Å². The van der Waals surface area contributed by atoms with Crippen molar-refractivity contribution in [1.29, 1.82) is 0 Å². The van der Waals surface area contributed by atoms with Crippen LogP contribution in [-0.4, -0.2) is 38.3 Å². The number of hydrogen-bond acceptors (Lipinski definition) is 5. The van der Waals surface area contributed by atoms with Crippen LogP contribution in [0.3, 0.4) is 0 Å². The number of non-ortho nitro benzene ring substituents is 1. The van der Waals surface area contributed by atoms with E-state index in [1.807, 2.05) is 0 Å². The first-order valence-electron chi connectivity index (χ1n) is 6.00. The molecule has 0 saturated carbocycles. The predicted molar refractivity (Wildman–Crippen MR) is 67.6 cm³/mol. The van der Waals surface area contributed by atoms with Gasteiger partial charge in [-0.15, -0.1) is 0 Å². The Hall–Kier alpha value is -1.72. The SMILES string of the molecule is O=[N+]([O-])c1ccc(S(=O)(=O)N[C@]2(C(F)(F)F)CCOC2)cc1. The van der Waals surface area contributed by atoms with Crippen molar-refractivity contribution < 1.29 is 31.2 Å². The summed E-state index contributed by atoms with van der Waals surface area (Å²) in [6.07, 6.45) is -5.36. The second kappa shape index (κ2) is 5.48. The van der Waals surface area contributed by atoms with E-state index in [4.69, 9.17) is 0 Å². The van der Waals surface area contributed by atoms with E-state index >= 15 is 0 Å². The number of halogens is 3. The summed E-state index contributed by atoms with van der Waals surface area (Å²) in [7, 11) is -4.50. The average molecular weight is 340 g/mol. The lowest BCUT2D eigenvalue weighted by atomic mass is 10.0. The van der Waals surface area contributed by atoms with Crippen LogP contribution >= 0.6 is 0 Å². The highest BCUT2D eigenvalue weighted by Gasteiger charge is 2.59. The van der Waals surface area contributed by atoms with Crippen molar-refractivity contribution in [2.75, 3.05) is 13.2 Å². The molecule has 2 rings (SSSR count). The Morgan fingerprint density at radius 1 is 1.27 bits per heavy atom. The van der Waals surface area contributed by atoms with Crippen molar-refractivity contribution in [3.8, 4) is 0 Å². The molecule has 0 radical (unpaired) electrons. The number of alkyl halides is 3. The zero-order chi connectivity index (χ0) is 16.6. The number of nitrogens with one attached hydrogen (secondary N) is 1. The Kier molecular flexibility index (Phi) is 4.15. The smallest absolute Gasteiger partial charge is 0.379 e. The fourth-order valence-electron chi connectivity index (χ4n) is 1.99. The minimum Gasteiger partial charge on any atom is -0.379 e. The molecule has 1 aromatic rings. The van der Waals surface area contributed by atoms with E-state index in [1.165, 1.54) is 0 Å². The van der Waals surface area contributed by atoms with E-state index in [1.54, 1.807) is 4.72 Å². The van der Waals surface area contributed by atoms with E-state index in [0.29, 0.717) is 0 Å². The Labute approximate surface area is 123 Å². The van der Waals surface area contributed by atoms with Gasteiger partial charge in [-0.1, -0.05) is 0 Å². The molecule has 1 aliphatic rings. The molecule has 0 bridgehead atoms. The second-order valence-electron chi connectivity index (χ2n) is 4.74. The highest BCUT2D eigenvalue weighted by molar-refractivity contribution is 7.89. The zero-order valence-corrected chi connectivity index (χ0v) is 11.8. The third-order valence-electron chi connectivity index (χ3n) is 3.25. The van der Waals surface area contributed by atoms with Gasteiger partial charge in [0.05, 0.1) is 16.4 Å². The topological polar surface area (TPSA) is 98.5 Å². The molecule has 0 spiro atoms. The van der Waals surface area contributed by atoms with Gasteiger partial charge in [-0.05, 0) is 12.1 Å². The third-order valence-corrected chi connectivity index (χ3v) is 4.80. The van der Waals surface area contributed by atoms with Crippen LogP contribution in [0.4, 0.5) is 18.9 Å². The van der Waals surface area contributed by atoms with Gasteiger partial charge in [-0.25, -0.2) is 8.42 Å². The molecule has 0 aromatic heterocycles. The molecule has 1 heterocycles. The molecular formula is C11H11F3N2O5S. The highest BCUT2D eigenvalue weighted by Crippen LogP contribution is 2.38. The van der Waals surface area contributed by atoms with E-state index in [9.17, 15) is 31.7 Å². The van der Waals surface area contributed by atoms with E-state index in [2.05, 4.69) is 4.74 Å². The Morgan fingerprint density at radius 3 is 2.27 bits per heavy atom. The molecule has 1 saturated heterocycles. The van der Waals surface area contributed by atoms with Crippen molar-refractivity contribution in [2.45, 2.75) is 23.0 Å². The van der Waals surface area contributed by atoms with Crippen LogP contribution in [0.1, 0.15) is 6.42 Å². The first-order chi connectivity index (χ1) is 10.1. The largest absolute Gasteiger partial charge is 0.409 e. The molecule has 122 valence electrons. The van der Waals surface area contributed by atoms with Crippen LogP contribution in [0.15, 0.2) is 29.2 Å². The van der Waals surface area contributed by atoms with Crippen LogP contribution in [0.5, 0.6) is 0 Å². The molecule has 0 aliphatic carbocycles. The van der Waals surface area contributed by atoms with E-state index in [0.717, 1.165) is 24.3 Å². The second-order valence-corrected chi connectivity index (χ2v) is 6.42. The Morgan fingerprint density at radius 2 is 1.86 bits per heavy atom. The summed E-state index contributed by atoms with van der Waals surface area (Å²) in [5.74, 6) is 0. The normalized spacial score (nSPS) is 22.7. The zero-order valence-electron chi connectivity index (χ0n) is 11.0. The van der Waals surface area contributed by atoms with Gasteiger partial charge in [0.2, 0.25) is 10.0 Å². The van der Waals surface area contributed by atoms with Crippen LogP contribution < -0.4 is 4.72 Å². The maximum absolute atomic E-state index is 13.1. The van der Waals surface area contributed by atoms with Crippen LogP contribution in [0, 0.1) is 10.1 Å². The first kappa shape index (κ1) is 16.6. The summed E-state index contributed by atoms with van der Waals surface area (Å²) in [6.45, 7) is -1.04. The highest BCUT2D eigenvalue weighted by atomic mass is 32.2. The number of sulfonamides is 1. The average Bonchev–Trinajstić information content (AvgIpc) is 2.87. The summed E-state index contributed by atoms with van der Waals surface area (Å²) in [5.41, 5.74) is -3.05. The van der Waals surface area contributed by atoms with Gasteiger partial charge in [0, 0.05) is 25.2 Å². The Bertz CT molecular complexity index is 666. The lowest BCUT2D eigenvalue weighted by Gasteiger charge is -2.30. The molecular weight excluding hydrogens is 329 g/mol. The molecule has 1 aliphatic heterocycles. The van der Waals surface area contributed by atoms with Gasteiger partial charge in [-0.3, -0.25) is 10.1 Å². The molecule has 22 heavy (non-hydrogen) atoms. The number of rotatable bonds is 4. The number of nitro benzene ring substituents is 1. The van der Waals surface area contributed by atoms with Gasteiger partial charge in [0.1, 0.15) is 0 Å². The number of nitro groups is 1. The molecule has 11 heteroatoms. The fourth-order valence-corrected chi connectivity index (χ4v) is 3.39. The summed E-state index contributed by atoms with van der Waals surface area (Å²) < 4.78 is 69.9. The summed E-state index contributed by atoms with van der Waals surface area (Å²) in [4.78, 5) is 9.26. The standard InChI is InChI=1S/C11H11F3N2O5S/c12-11(13,14)10(5-6-21-7-10)15-22(19,20)9-3-1-8(2-4-9)16(17)18/h1-4,15H,5-7H2/t10-/m1/s1. The first-order valence-corrected chi connectivity index (χ1v) is 7.49. The van der Waals surface area contributed by atoms with Crippen molar-refractivity contribution in [1.82, 2.24) is 4.72 Å². The fraction of sp³-hybridized carbons (Fsp3) is 0.455. The van der Waals surface area contributed by atoms with Gasteiger partial charge in [-0.2, -0.15) is 17.9 Å². The monoisotopic (exact) mass is 340 g/mol. The molecule has 1 N–H and O–H groups in total. The maximum Gasteiger partial charge on any atom is 0.409 e. The number of ether oxygens (including phenoxy) is 1. The molecule has 0 unspecified atom stereocenters. The van der Waals surface area contributed by atoms with Crippen molar-refractivity contribution in [3.05, 3.63) is 34.4 Å². The number of hydrogen-bond donors (Lipinski definition) is 1. The third kappa shape index (κ3) is 3.05. The Balaban J connectivity index is 2.32. The molecule has 1 aromatic carbocycles. The van der Waals surface area contributed by atoms with Crippen molar-refractivity contribution >= 4 is 15.7 Å². The molecule has 1 atom stereocenters. The summed E-state index contributed by atoms with van der Waals surface area (Å²) >= 11 is 0. The minimum absolute atomic E-state index is 0.220. The molecule has 1 fully saturated rings. The number of benzene rings is 1. The van der Waals surface area contributed by atoms with Crippen LogP contribution in [0.25, 0.3) is 0 Å². The van der Waals surface area contributed by atoms with Gasteiger partial charge in [0.15, 0.2) is 5.54 Å². The van der Waals surface area contributed by atoms with Gasteiger partial charge >= 0.3 is 6.18 Å². The number of nitrogens with zero attached hydrogens (tertiary/aromatic N) is 1. The summed E-state index contributed by atoms with van der Waals surface area (Å²) in [6, 6.07) is 3.56. The molecule has 7 nitrogen and oxygen atoms in total.